The summed E-state index contributed by atoms with van der Waals surface area (Å²) in [6.07, 6.45) is 0.813. The molecule has 0 aromatic heterocycles. The molecule has 0 aliphatic heterocycles. The maximum Gasteiger partial charge on any atom is 0.193 e. The van der Waals surface area contributed by atoms with Crippen molar-refractivity contribution >= 4 is 16.6 Å². The summed E-state index contributed by atoms with van der Waals surface area (Å²) in [4.78, 5) is 0. The first-order chi connectivity index (χ1) is 13.0. The van der Waals surface area contributed by atoms with Gasteiger partial charge < -0.3 is 14.0 Å². The van der Waals surface area contributed by atoms with Crippen molar-refractivity contribution in [3.63, 3.8) is 0 Å². The van der Waals surface area contributed by atoms with Crippen molar-refractivity contribution in [2.24, 2.45) is 0 Å². The lowest BCUT2D eigenvalue weighted by molar-refractivity contribution is -0.0454. The van der Waals surface area contributed by atoms with E-state index in [4.69, 9.17) is 8.85 Å². The lowest BCUT2D eigenvalue weighted by Crippen LogP contribution is -2.52. The zero-order valence-corrected chi connectivity index (χ0v) is 22.4. The molecule has 0 aliphatic rings. The van der Waals surface area contributed by atoms with Gasteiger partial charge in [0.25, 0.3) is 0 Å². The highest BCUT2D eigenvalue weighted by atomic mass is 28.4. The fourth-order valence-electron chi connectivity index (χ4n) is 2.63. The largest absolute Gasteiger partial charge is 0.408 e. The Balaban J connectivity index is 3.48. The molecule has 0 radical (unpaired) electrons. The molecular weight excluding hydrogens is 392 g/mol. The van der Waals surface area contributed by atoms with Gasteiger partial charge in [0, 0.05) is 0 Å². The number of hydrogen-bond acceptors (Lipinski definition) is 3. The molecule has 0 unspecified atom stereocenters. The third kappa shape index (κ3) is 6.89. The van der Waals surface area contributed by atoms with Crippen LogP contribution in [0.15, 0.2) is 43.0 Å². The molecule has 3 atom stereocenters. The Kier molecular flexibility index (Phi) is 8.71. The molecule has 0 amide bonds. The van der Waals surface area contributed by atoms with Crippen molar-refractivity contribution in [2.45, 2.75) is 103 Å². The Labute approximate surface area is 181 Å². The predicted molar refractivity (Wildman–Crippen MR) is 130 cm³/mol. The second kappa shape index (κ2) is 9.60. The van der Waals surface area contributed by atoms with Crippen molar-refractivity contribution in [3.8, 4) is 0 Å². The van der Waals surface area contributed by atoms with E-state index in [0.29, 0.717) is 6.42 Å². The molecule has 1 aromatic rings. The number of benzene rings is 1. The summed E-state index contributed by atoms with van der Waals surface area (Å²) in [5.41, 5.74) is 1.06. The van der Waals surface area contributed by atoms with Crippen LogP contribution in [-0.2, 0) is 8.85 Å². The summed E-state index contributed by atoms with van der Waals surface area (Å²) in [7, 11) is -4.24. The van der Waals surface area contributed by atoms with Gasteiger partial charge >= 0.3 is 0 Å². The molecule has 0 heterocycles. The molecule has 1 rings (SSSR count). The minimum absolute atomic E-state index is 0.0390. The Bertz CT molecular complexity index is 642. The van der Waals surface area contributed by atoms with Gasteiger partial charge in [-0.25, -0.2) is 0 Å². The van der Waals surface area contributed by atoms with E-state index >= 15 is 0 Å². The molecule has 1 aromatic carbocycles. The molecule has 29 heavy (non-hydrogen) atoms. The maximum atomic E-state index is 11.1. The van der Waals surface area contributed by atoms with Gasteiger partial charge in [-0.3, -0.25) is 0 Å². The highest BCUT2D eigenvalue weighted by molar-refractivity contribution is 6.74. The Hall–Kier alpha value is -0.726. The number of aliphatic hydroxyl groups excluding tert-OH is 1. The summed E-state index contributed by atoms with van der Waals surface area (Å²) < 4.78 is 13.7. The van der Waals surface area contributed by atoms with E-state index < -0.39 is 28.8 Å². The molecule has 0 spiro atoms. The first kappa shape index (κ1) is 26.3. The van der Waals surface area contributed by atoms with E-state index in [1.807, 2.05) is 18.2 Å². The lowest BCUT2D eigenvalue weighted by atomic mass is 9.99. The lowest BCUT2D eigenvalue weighted by Gasteiger charge is -2.46. The zero-order valence-electron chi connectivity index (χ0n) is 20.4. The van der Waals surface area contributed by atoms with E-state index in [2.05, 4.69) is 86.4 Å². The average Bonchev–Trinajstić information content (AvgIpc) is 2.57. The summed E-state index contributed by atoms with van der Waals surface area (Å²) in [5.74, 6) is 0. The molecule has 1 N–H and O–H groups in total. The number of aliphatic hydroxyl groups is 1. The number of rotatable bonds is 9. The van der Waals surface area contributed by atoms with Crippen LogP contribution in [0.3, 0.4) is 0 Å². The number of hydrogen-bond donors (Lipinski definition) is 1. The summed E-state index contributed by atoms with van der Waals surface area (Å²) in [6, 6.07) is 10.2. The third-order valence-corrected chi connectivity index (χ3v) is 15.6. The summed E-state index contributed by atoms with van der Waals surface area (Å²) in [6.45, 7) is 26.2. The van der Waals surface area contributed by atoms with Crippen LogP contribution in [0.25, 0.3) is 0 Å². The molecular formula is C24H44O3Si2. The van der Waals surface area contributed by atoms with Gasteiger partial charge in [0.15, 0.2) is 16.6 Å². The fraction of sp³-hybridized carbons (Fsp3) is 0.667. The average molecular weight is 437 g/mol. The van der Waals surface area contributed by atoms with E-state index in [0.717, 1.165) is 5.56 Å². The van der Waals surface area contributed by atoms with Crippen LogP contribution in [0.1, 0.15) is 59.6 Å². The molecule has 0 bridgehead atoms. The quantitative estimate of drug-likeness (QED) is 0.332. The van der Waals surface area contributed by atoms with E-state index in [9.17, 15) is 5.11 Å². The Morgan fingerprint density at radius 2 is 1.34 bits per heavy atom. The zero-order chi connectivity index (χ0) is 22.7. The molecule has 0 fully saturated rings. The van der Waals surface area contributed by atoms with Crippen LogP contribution < -0.4 is 0 Å². The third-order valence-electron chi connectivity index (χ3n) is 6.68. The summed E-state index contributed by atoms with van der Waals surface area (Å²) >= 11 is 0. The second-order valence-corrected chi connectivity index (χ2v) is 20.7. The molecule has 5 heteroatoms. The SMILES string of the molecule is C=CC[C@@H](O)[C@H](O[Si](C)(C)C(C)(C)C)[C@H](O[Si](C)(C)C(C)(C)C)c1ccccc1. The van der Waals surface area contributed by atoms with E-state index in [-0.39, 0.29) is 16.2 Å². The van der Waals surface area contributed by atoms with Crippen LogP contribution >= 0.6 is 0 Å². The second-order valence-electron chi connectivity index (χ2n) is 11.1. The Morgan fingerprint density at radius 1 is 0.897 bits per heavy atom. The Morgan fingerprint density at radius 3 is 1.76 bits per heavy atom. The van der Waals surface area contributed by atoms with Crippen LogP contribution in [0.4, 0.5) is 0 Å². The van der Waals surface area contributed by atoms with Gasteiger partial charge in [0.2, 0.25) is 0 Å². The van der Waals surface area contributed by atoms with Gasteiger partial charge in [-0.05, 0) is 48.2 Å². The van der Waals surface area contributed by atoms with E-state index in [1.165, 1.54) is 0 Å². The van der Waals surface area contributed by atoms with Gasteiger partial charge in [-0.2, -0.15) is 0 Å². The van der Waals surface area contributed by atoms with Gasteiger partial charge in [0.05, 0.1) is 12.2 Å². The van der Waals surface area contributed by atoms with Crippen LogP contribution in [0.5, 0.6) is 0 Å². The van der Waals surface area contributed by atoms with Crippen LogP contribution in [-0.4, -0.2) is 33.9 Å². The van der Waals surface area contributed by atoms with Crippen LogP contribution in [0.2, 0.25) is 36.3 Å². The molecule has 0 saturated heterocycles. The smallest absolute Gasteiger partial charge is 0.193 e. The van der Waals surface area contributed by atoms with Gasteiger partial charge in [0.1, 0.15) is 6.10 Å². The highest BCUT2D eigenvalue weighted by Gasteiger charge is 2.46. The van der Waals surface area contributed by atoms with Crippen molar-refractivity contribution < 1.29 is 14.0 Å². The normalized spacial score (nSPS) is 16.9. The van der Waals surface area contributed by atoms with Gasteiger partial charge in [-0.15, -0.1) is 6.58 Å². The maximum absolute atomic E-state index is 11.1. The minimum atomic E-state index is -2.14. The summed E-state index contributed by atoms with van der Waals surface area (Å²) in [5, 5.41) is 11.2. The van der Waals surface area contributed by atoms with E-state index in [1.54, 1.807) is 6.08 Å². The van der Waals surface area contributed by atoms with Crippen molar-refractivity contribution in [1.29, 1.82) is 0 Å². The van der Waals surface area contributed by atoms with Crippen molar-refractivity contribution in [1.82, 2.24) is 0 Å². The standard InChI is InChI=1S/C24H44O3Si2/c1-12-16-20(25)22(27-29(10,11)24(5,6)7)21(19-17-14-13-15-18-19)26-28(8,9)23(2,3)4/h12-15,17-18,20-22,25H,1,16H2,2-11H3/t20-,21-,22+/m1/s1. The first-order valence-electron chi connectivity index (χ1n) is 10.7. The van der Waals surface area contributed by atoms with Crippen LogP contribution in [0, 0.1) is 0 Å². The van der Waals surface area contributed by atoms with Crippen molar-refractivity contribution in [3.05, 3.63) is 48.6 Å². The highest BCUT2D eigenvalue weighted by Crippen LogP contribution is 2.44. The molecule has 0 aliphatic carbocycles. The fourth-order valence-corrected chi connectivity index (χ4v) is 5.20. The molecule has 0 saturated carbocycles. The van der Waals surface area contributed by atoms with Gasteiger partial charge in [-0.1, -0.05) is 78.0 Å². The molecule has 166 valence electrons. The topological polar surface area (TPSA) is 38.7 Å². The predicted octanol–water partition coefficient (Wildman–Crippen LogP) is 7.08. The monoisotopic (exact) mass is 436 g/mol. The van der Waals surface area contributed by atoms with Crippen molar-refractivity contribution in [2.75, 3.05) is 0 Å². The molecule has 3 nitrogen and oxygen atoms in total. The minimum Gasteiger partial charge on any atom is -0.408 e. The first-order valence-corrected chi connectivity index (χ1v) is 16.5.